The predicted octanol–water partition coefficient (Wildman–Crippen LogP) is 3.37. The number of hydrazone groups is 1. The van der Waals surface area contributed by atoms with Crippen molar-refractivity contribution in [3.05, 3.63) is 113 Å². The molecule has 184 valence electrons. The monoisotopic (exact) mass is 491 g/mol. The highest BCUT2D eigenvalue weighted by Gasteiger charge is 2.16. The molecule has 37 heavy (non-hydrogen) atoms. The van der Waals surface area contributed by atoms with Crippen LogP contribution in [0.5, 0.6) is 5.75 Å². The topological polar surface area (TPSA) is 141 Å². The quantitative estimate of drug-likeness (QED) is 0.210. The van der Waals surface area contributed by atoms with Gasteiger partial charge in [0.2, 0.25) is 5.91 Å². The highest BCUT2D eigenvalue weighted by atomic mass is 16.3. The van der Waals surface area contributed by atoms with E-state index in [1.54, 1.807) is 6.21 Å². The molecule has 0 spiro atoms. The number of nitriles is 1. The number of nitrogens with zero attached hydrogens (tertiary/aromatic N) is 2. The van der Waals surface area contributed by atoms with Gasteiger partial charge in [-0.1, -0.05) is 66.7 Å². The normalized spacial score (nSPS) is 11.8. The summed E-state index contributed by atoms with van der Waals surface area (Å²) in [5.41, 5.74) is 11.1. The van der Waals surface area contributed by atoms with Gasteiger partial charge in [0.15, 0.2) is 0 Å². The van der Waals surface area contributed by atoms with Gasteiger partial charge in [-0.3, -0.25) is 9.59 Å². The first kappa shape index (κ1) is 25.1. The molecule has 0 bridgehead atoms. The van der Waals surface area contributed by atoms with E-state index >= 15 is 0 Å². The van der Waals surface area contributed by atoms with Crippen molar-refractivity contribution in [1.29, 1.82) is 5.26 Å². The second-order valence-corrected chi connectivity index (χ2v) is 8.43. The fourth-order valence-electron chi connectivity index (χ4n) is 4.00. The average molecular weight is 492 g/mol. The summed E-state index contributed by atoms with van der Waals surface area (Å²) in [6, 6.07) is 26.6. The Hall–Kier alpha value is -5.00. The van der Waals surface area contributed by atoms with E-state index in [-0.39, 0.29) is 16.9 Å². The van der Waals surface area contributed by atoms with Gasteiger partial charge in [-0.05, 0) is 46.5 Å². The van der Waals surface area contributed by atoms with Gasteiger partial charge in [-0.15, -0.1) is 0 Å². The lowest BCUT2D eigenvalue weighted by atomic mass is 9.99. The Kier molecular flexibility index (Phi) is 7.88. The first-order valence-electron chi connectivity index (χ1n) is 11.6. The molecular weight excluding hydrogens is 466 g/mol. The molecule has 0 heterocycles. The van der Waals surface area contributed by atoms with E-state index in [1.165, 1.54) is 18.2 Å². The fourth-order valence-corrected chi connectivity index (χ4v) is 4.00. The minimum Gasteiger partial charge on any atom is -0.507 e. The van der Waals surface area contributed by atoms with Gasteiger partial charge in [0, 0.05) is 17.7 Å². The summed E-state index contributed by atoms with van der Waals surface area (Å²) in [6.45, 7) is 0.442. The van der Waals surface area contributed by atoms with Crippen molar-refractivity contribution in [2.75, 3.05) is 0 Å². The number of nitrogens with one attached hydrogen (secondary N) is 2. The second kappa shape index (κ2) is 11.6. The molecule has 8 nitrogen and oxygen atoms in total. The van der Waals surface area contributed by atoms with E-state index in [2.05, 4.69) is 15.8 Å². The predicted molar refractivity (Wildman–Crippen MR) is 142 cm³/mol. The van der Waals surface area contributed by atoms with Gasteiger partial charge < -0.3 is 16.2 Å². The van der Waals surface area contributed by atoms with Crippen LogP contribution in [0.1, 0.15) is 32.6 Å². The number of primary amides is 1. The zero-order valence-electron chi connectivity index (χ0n) is 19.9. The summed E-state index contributed by atoms with van der Waals surface area (Å²) in [6.07, 6.45) is 2.04. The van der Waals surface area contributed by atoms with Crippen LogP contribution < -0.4 is 16.5 Å². The molecular formula is C29H25N5O3. The molecule has 1 atom stereocenters. The Balaban J connectivity index is 1.48. The Morgan fingerprint density at radius 1 is 1.00 bits per heavy atom. The number of aromatic hydroxyl groups is 1. The van der Waals surface area contributed by atoms with Crippen LogP contribution in [-0.2, 0) is 17.8 Å². The number of nitrogens with two attached hydrogens (primary N) is 1. The van der Waals surface area contributed by atoms with Crippen LogP contribution in [-0.4, -0.2) is 29.2 Å². The van der Waals surface area contributed by atoms with Crippen molar-refractivity contribution < 1.29 is 14.7 Å². The standard InChI is InChI=1S/C29H25N5O3/c30-16-23-15-20(12-13-27(23)35)29(37)34-33-18-22-11-10-21(24-8-4-5-9-25(22)24)17-32-26(28(31)36)14-19-6-2-1-3-7-19/h1-13,15,18,26,32,35H,14,17H2,(H2,31,36)(H,34,37)/b33-18+. The number of amides is 2. The van der Waals surface area contributed by atoms with Gasteiger partial charge >= 0.3 is 0 Å². The SMILES string of the molecule is N#Cc1cc(C(=O)N/N=C/c2ccc(CNC(Cc3ccccc3)C(N)=O)c3ccccc23)ccc1O. The number of carbonyl (C=O) groups excluding carboxylic acids is 2. The van der Waals surface area contributed by atoms with Gasteiger partial charge in [-0.2, -0.15) is 10.4 Å². The zero-order chi connectivity index (χ0) is 26.2. The molecule has 4 rings (SSSR count). The Bertz CT molecular complexity index is 1510. The van der Waals surface area contributed by atoms with Crippen molar-refractivity contribution in [2.45, 2.75) is 19.0 Å². The van der Waals surface area contributed by atoms with Gasteiger partial charge in [0.1, 0.15) is 11.8 Å². The third-order valence-electron chi connectivity index (χ3n) is 5.96. The van der Waals surface area contributed by atoms with Gasteiger partial charge in [-0.25, -0.2) is 5.43 Å². The summed E-state index contributed by atoms with van der Waals surface area (Å²) in [5.74, 6) is -1.11. The summed E-state index contributed by atoms with van der Waals surface area (Å²) < 4.78 is 0. The van der Waals surface area contributed by atoms with Crippen molar-refractivity contribution in [1.82, 2.24) is 10.7 Å². The molecule has 2 amide bonds. The van der Waals surface area contributed by atoms with Crippen LogP contribution in [0.15, 0.2) is 90.0 Å². The maximum Gasteiger partial charge on any atom is 0.271 e. The molecule has 5 N–H and O–H groups in total. The molecule has 0 saturated heterocycles. The Morgan fingerprint density at radius 3 is 2.46 bits per heavy atom. The van der Waals surface area contributed by atoms with Crippen molar-refractivity contribution in [3.63, 3.8) is 0 Å². The highest BCUT2D eigenvalue weighted by molar-refractivity contribution is 6.02. The molecule has 0 aliphatic carbocycles. The van der Waals surface area contributed by atoms with Crippen LogP contribution in [0.25, 0.3) is 10.8 Å². The van der Waals surface area contributed by atoms with Crippen LogP contribution >= 0.6 is 0 Å². The number of phenols is 1. The molecule has 0 fully saturated rings. The summed E-state index contributed by atoms with van der Waals surface area (Å²) in [4.78, 5) is 24.5. The lowest BCUT2D eigenvalue weighted by Crippen LogP contribution is -2.42. The van der Waals surface area contributed by atoms with E-state index in [0.717, 1.165) is 27.5 Å². The maximum absolute atomic E-state index is 12.4. The molecule has 0 aliphatic heterocycles. The molecule has 1 unspecified atom stereocenters. The average Bonchev–Trinajstić information content (AvgIpc) is 2.92. The Morgan fingerprint density at radius 2 is 1.73 bits per heavy atom. The molecule has 0 aliphatic rings. The lowest BCUT2D eigenvalue weighted by molar-refractivity contribution is -0.120. The van der Waals surface area contributed by atoms with E-state index < -0.39 is 17.9 Å². The number of hydrogen-bond donors (Lipinski definition) is 4. The zero-order valence-corrected chi connectivity index (χ0v) is 19.9. The van der Waals surface area contributed by atoms with E-state index in [9.17, 15) is 14.7 Å². The summed E-state index contributed by atoms with van der Waals surface area (Å²) in [5, 5.41) is 27.9. The van der Waals surface area contributed by atoms with Crippen molar-refractivity contribution in [2.24, 2.45) is 10.8 Å². The molecule has 0 aromatic heterocycles. The highest BCUT2D eigenvalue weighted by Crippen LogP contribution is 2.22. The third kappa shape index (κ3) is 6.17. The third-order valence-corrected chi connectivity index (χ3v) is 5.96. The maximum atomic E-state index is 12.4. The van der Waals surface area contributed by atoms with Crippen LogP contribution in [0.2, 0.25) is 0 Å². The largest absolute Gasteiger partial charge is 0.507 e. The van der Waals surface area contributed by atoms with Crippen molar-refractivity contribution in [3.8, 4) is 11.8 Å². The number of rotatable bonds is 9. The molecule has 4 aromatic rings. The van der Waals surface area contributed by atoms with E-state index in [1.807, 2.05) is 72.8 Å². The number of hydrogen-bond acceptors (Lipinski definition) is 6. The van der Waals surface area contributed by atoms with Crippen LogP contribution in [0.3, 0.4) is 0 Å². The minimum absolute atomic E-state index is 0.00849. The van der Waals surface area contributed by atoms with E-state index in [0.29, 0.717) is 13.0 Å². The number of phenolic OH excluding ortho intramolecular Hbond substituents is 1. The number of carbonyl (C=O) groups is 2. The lowest BCUT2D eigenvalue weighted by Gasteiger charge is -2.17. The summed E-state index contributed by atoms with van der Waals surface area (Å²) >= 11 is 0. The van der Waals surface area contributed by atoms with E-state index in [4.69, 9.17) is 11.0 Å². The molecule has 0 saturated carbocycles. The molecule has 4 aromatic carbocycles. The molecule has 8 heteroatoms. The summed E-state index contributed by atoms with van der Waals surface area (Å²) in [7, 11) is 0. The first-order chi connectivity index (χ1) is 18.0. The van der Waals surface area contributed by atoms with Crippen LogP contribution in [0, 0.1) is 11.3 Å². The van der Waals surface area contributed by atoms with Crippen LogP contribution in [0.4, 0.5) is 0 Å². The number of fused-ring (bicyclic) bond motifs is 1. The Labute approximate surface area is 214 Å². The van der Waals surface area contributed by atoms with Crippen molar-refractivity contribution >= 4 is 28.8 Å². The van der Waals surface area contributed by atoms with Gasteiger partial charge in [0.25, 0.3) is 5.91 Å². The molecule has 0 radical (unpaired) electrons. The minimum atomic E-state index is -0.515. The number of benzene rings is 4. The smallest absolute Gasteiger partial charge is 0.271 e. The van der Waals surface area contributed by atoms with Gasteiger partial charge in [0.05, 0.1) is 17.8 Å². The second-order valence-electron chi connectivity index (χ2n) is 8.43. The fraction of sp³-hybridized carbons (Fsp3) is 0.103. The first-order valence-corrected chi connectivity index (χ1v) is 11.6.